The lowest BCUT2D eigenvalue weighted by atomic mass is 10.1. The molecular weight excluding hydrogens is 304 g/mol. The lowest BCUT2D eigenvalue weighted by Crippen LogP contribution is -2.38. The summed E-state index contributed by atoms with van der Waals surface area (Å²) in [5, 5.41) is 6.64. The van der Waals surface area contributed by atoms with Gasteiger partial charge in [0.25, 0.3) is 0 Å². The molecule has 2 N–H and O–H groups in total. The minimum atomic E-state index is -0.190. The molecule has 0 radical (unpaired) electrons. The van der Waals surface area contributed by atoms with Gasteiger partial charge in [-0.25, -0.2) is 0 Å². The molecule has 24 heavy (non-hydrogen) atoms. The second kappa shape index (κ2) is 7.38. The lowest BCUT2D eigenvalue weighted by molar-refractivity contribution is -0.125. The topological polar surface area (TPSA) is 84.0 Å². The maximum atomic E-state index is 12.3. The molecule has 0 aromatic carbocycles. The van der Waals surface area contributed by atoms with Crippen molar-refractivity contribution in [2.45, 2.75) is 45.1 Å². The number of pyridine rings is 2. The van der Waals surface area contributed by atoms with Gasteiger partial charge in [0, 0.05) is 42.4 Å². The zero-order chi connectivity index (χ0) is 16.9. The van der Waals surface area contributed by atoms with Gasteiger partial charge in [0.05, 0.1) is 11.2 Å². The van der Waals surface area contributed by atoms with Gasteiger partial charge in [0.15, 0.2) is 0 Å². The number of nitrogens with one attached hydrogen (secondary N) is 2. The van der Waals surface area contributed by atoms with Crippen LogP contribution < -0.4 is 10.6 Å². The Kier molecular flexibility index (Phi) is 5.03. The van der Waals surface area contributed by atoms with Gasteiger partial charge >= 0.3 is 0 Å². The van der Waals surface area contributed by atoms with Gasteiger partial charge in [-0.2, -0.15) is 0 Å². The van der Waals surface area contributed by atoms with Crippen LogP contribution in [0.3, 0.4) is 0 Å². The van der Waals surface area contributed by atoms with E-state index in [0.29, 0.717) is 5.69 Å². The fourth-order valence-corrected chi connectivity index (χ4v) is 3.18. The first kappa shape index (κ1) is 16.4. The van der Waals surface area contributed by atoms with Crippen LogP contribution in [0.5, 0.6) is 0 Å². The molecule has 1 atom stereocenters. The molecule has 2 aromatic rings. The van der Waals surface area contributed by atoms with Gasteiger partial charge in [-0.3, -0.25) is 19.6 Å². The van der Waals surface area contributed by atoms with Crippen molar-refractivity contribution in [2.24, 2.45) is 5.92 Å². The molecule has 2 aromatic heterocycles. The smallest absolute Gasteiger partial charge is 0.226 e. The van der Waals surface area contributed by atoms with Crippen LogP contribution in [-0.4, -0.2) is 27.8 Å². The number of fused-ring (bicyclic) bond motifs is 1. The molecular formula is C18H22N4O2. The summed E-state index contributed by atoms with van der Waals surface area (Å²) in [6.45, 7) is 1.86. The van der Waals surface area contributed by atoms with E-state index in [2.05, 4.69) is 20.6 Å². The van der Waals surface area contributed by atoms with Crippen molar-refractivity contribution >= 4 is 28.4 Å². The molecule has 1 unspecified atom stereocenters. The normalized spacial score (nSPS) is 16.0. The highest BCUT2D eigenvalue weighted by Crippen LogP contribution is 2.25. The number of rotatable bonds is 5. The van der Waals surface area contributed by atoms with Crippen molar-refractivity contribution < 1.29 is 9.59 Å². The summed E-state index contributed by atoms with van der Waals surface area (Å²) in [4.78, 5) is 32.7. The Hall–Kier alpha value is -2.50. The van der Waals surface area contributed by atoms with E-state index in [1.54, 1.807) is 30.7 Å². The van der Waals surface area contributed by atoms with Gasteiger partial charge in [-0.05, 0) is 31.9 Å². The summed E-state index contributed by atoms with van der Waals surface area (Å²) in [5.41, 5.74) is 1.47. The molecule has 2 heterocycles. The molecule has 6 heteroatoms. The quantitative estimate of drug-likeness (QED) is 0.885. The Morgan fingerprint density at radius 1 is 1.25 bits per heavy atom. The highest BCUT2D eigenvalue weighted by Gasteiger charge is 2.24. The van der Waals surface area contributed by atoms with Crippen molar-refractivity contribution in [2.75, 3.05) is 5.32 Å². The lowest BCUT2D eigenvalue weighted by Gasteiger charge is -2.17. The SMILES string of the molecule is CC(CC(=O)Nc1ccnc2ccncc12)NC(=O)C1CCCC1. The average molecular weight is 326 g/mol. The van der Waals surface area contributed by atoms with E-state index in [4.69, 9.17) is 0 Å². The van der Waals surface area contributed by atoms with E-state index in [9.17, 15) is 9.59 Å². The van der Waals surface area contributed by atoms with Crippen molar-refractivity contribution in [3.05, 3.63) is 30.7 Å². The van der Waals surface area contributed by atoms with Gasteiger partial charge in [-0.1, -0.05) is 12.8 Å². The monoisotopic (exact) mass is 326 g/mol. The first-order valence-corrected chi connectivity index (χ1v) is 8.42. The molecule has 0 saturated heterocycles. The molecule has 6 nitrogen and oxygen atoms in total. The minimum absolute atomic E-state index is 0.0753. The third-order valence-corrected chi connectivity index (χ3v) is 4.42. The van der Waals surface area contributed by atoms with E-state index in [0.717, 1.165) is 36.6 Å². The standard InChI is InChI=1S/C18H22N4O2/c1-12(21-18(24)13-4-2-3-5-13)10-17(23)22-16-7-9-20-15-6-8-19-11-14(15)16/h6-9,11-13H,2-5,10H2,1H3,(H,21,24)(H,20,22,23). The second-order valence-corrected chi connectivity index (χ2v) is 6.39. The number of carbonyl (C=O) groups excluding carboxylic acids is 2. The van der Waals surface area contributed by atoms with E-state index < -0.39 is 0 Å². The van der Waals surface area contributed by atoms with Crippen LogP contribution in [-0.2, 0) is 9.59 Å². The number of carbonyl (C=O) groups is 2. The summed E-state index contributed by atoms with van der Waals surface area (Å²) in [7, 11) is 0. The fourth-order valence-electron chi connectivity index (χ4n) is 3.18. The van der Waals surface area contributed by atoms with E-state index in [1.807, 2.05) is 6.92 Å². The number of hydrogen-bond donors (Lipinski definition) is 2. The van der Waals surface area contributed by atoms with Gasteiger partial charge in [0.1, 0.15) is 0 Å². The highest BCUT2D eigenvalue weighted by atomic mass is 16.2. The van der Waals surface area contributed by atoms with E-state index >= 15 is 0 Å². The zero-order valence-electron chi connectivity index (χ0n) is 13.8. The Labute approximate surface area is 141 Å². The summed E-state index contributed by atoms with van der Waals surface area (Å²) in [6, 6.07) is 3.36. The van der Waals surface area contributed by atoms with Gasteiger partial charge in [-0.15, -0.1) is 0 Å². The van der Waals surface area contributed by atoms with Crippen LogP contribution in [0.15, 0.2) is 30.7 Å². The minimum Gasteiger partial charge on any atom is -0.353 e. The van der Waals surface area contributed by atoms with Crippen molar-refractivity contribution in [1.82, 2.24) is 15.3 Å². The Bertz CT molecular complexity index is 735. The third kappa shape index (κ3) is 3.88. The number of aromatic nitrogens is 2. The molecule has 1 aliphatic rings. The van der Waals surface area contributed by atoms with Crippen LogP contribution in [0, 0.1) is 5.92 Å². The molecule has 0 aliphatic heterocycles. The van der Waals surface area contributed by atoms with E-state index in [1.165, 1.54) is 0 Å². The summed E-state index contributed by atoms with van der Waals surface area (Å²) in [6.07, 6.45) is 9.41. The Morgan fingerprint density at radius 2 is 2.04 bits per heavy atom. The molecule has 1 fully saturated rings. The summed E-state index contributed by atoms with van der Waals surface area (Å²) >= 11 is 0. The van der Waals surface area contributed by atoms with Crippen LogP contribution in [0.25, 0.3) is 10.9 Å². The number of anilines is 1. The zero-order valence-corrected chi connectivity index (χ0v) is 13.8. The van der Waals surface area contributed by atoms with Gasteiger partial charge < -0.3 is 10.6 Å². The van der Waals surface area contributed by atoms with E-state index in [-0.39, 0.29) is 30.2 Å². The maximum Gasteiger partial charge on any atom is 0.226 e. The Morgan fingerprint density at radius 3 is 2.83 bits per heavy atom. The van der Waals surface area contributed by atoms with Crippen LogP contribution in [0.1, 0.15) is 39.0 Å². The fraction of sp³-hybridized carbons (Fsp3) is 0.444. The second-order valence-electron chi connectivity index (χ2n) is 6.39. The van der Waals surface area contributed by atoms with Crippen LogP contribution in [0.2, 0.25) is 0 Å². The van der Waals surface area contributed by atoms with Crippen molar-refractivity contribution in [1.29, 1.82) is 0 Å². The number of amides is 2. The van der Waals surface area contributed by atoms with Crippen LogP contribution >= 0.6 is 0 Å². The predicted molar refractivity (Wildman–Crippen MR) is 92.3 cm³/mol. The van der Waals surface area contributed by atoms with Crippen molar-refractivity contribution in [3.63, 3.8) is 0 Å². The third-order valence-electron chi connectivity index (χ3n) is 4.42. The first-order chi connectivity index (χ1) is 11.6. The summed E-state index contributed by atoms with van der Waals surface area (Å²) in [5.74, 6) is 0.0580. The highest BCUT2D eigenvalue weighted by molar-refractivity contribution is 6.00. The van der Waals surface area contributed by atoms with Gasteiger partial charge in [0.2, 0.25) is 11.8 Å². The molecule has 0 bridgehead atoms. The molecule has 0 spiro atoms. The van der Waals surface area contributed by atoms with Crippen molar-refractivity contribution in [3.8, 4) is 0 Å². The molecule has 126 valence electrons. The summed E-state index contributed by atoms with van der Waals surface area (Å²) < 4.78 is 0. The molecule has 3 rings (SSSR count). The maximum absolute atomic E-state index is 12.3. The number of nitrogens with zero attached hydrogens (tertiary/aromatic N) is 2. The number of hydrogen-bond acceptors (Lipinski definition) is 4. The first-order valence-electron chi connectivity index (χ1n) is 8.42. The molecule has 1 saturated carbocycles. The molecule has 1 aliphatic carbocycles. The largest absolute Gasteiger partial charge is 0.353 e. The predicted octanol–water partition coefficient (Wildman–Crippen LogP) is 2.65. The molecule has 2 amide bonds. The average Bonchev–Trinajstić information content (AvgIpc) is 3.09. The van der Waals surface area contributed by atoms with Crippen LogP contribution in [0.4, 0.5) is 5.69 Å². The Balaban J connectivity index is 1.57.